The fourth-order valence-corrected chi connectivity index (χ4v) is 1.57. The molecule has 2 rings (SSSR count). The number of nitrogen functional groups attached to an aromatic ring is 1. The Bertz CT molecular complexity index is 601. The van der Waals surface area contributed by atoms with Crippen molar-refractivity contribution < 1.29 is 0 Å². The van der Waals surface area contributed by atoms with E-state index in [0.29, 0.717) is 17.8 Å². The van der Waals surface area contributed by atoms with Crippen LogP contribution in [-0.4, -0.2) is 9.97 Å². The topological polar surface area (TPSA) is 87.6 Å². The van der Waals surface area contributed by atoms with Crippen molar-refractivity contribution in [3.05, 3.63) is 47.5 Å². The average molecular weight is 239 g/mol. The third-order valence-electron chi connectivity index (χ3n) is 2.48. The largest absolute Gasteiger partial charge is 0.397 e. The second kappa shape index (κ2) is 5.15. The van der Waals surface area contributed by atoms with E-state index in [1.54, 1.807) is 24.4 Å². The van der Waals surface area contributed by atoms with E-state index in [0.717, 1.165) is 17.2 Å². The van der Waals surface area contributed by atoms with Gasteiger partial charge in [-0.05, 0) is 31.2 Å². The summed E-state index contributed by atoms with van der Waals surface area (Å²) in [6, 6.07) is 9.05. The molecule has 0 fully saturated rings. The van der Waals surface area contributed by atoms with Crippen molar-refractivity contribution in [2.75, 3.05) is 11.1 Å². The molecular formula is C13H13N5. The molecule has 0 aliphatic carbocycles. The van der Waals surface area contributed by atoms with Crippen LogP contribution in [-0.2, 0) is 6.54 Å². The lowest BCUT2D eigenvalue weighted by Crippen LogP contribution is -2.05. The van der Waals surface area contributed by atoms with Gasteiger partial charge in [-0.15, -0.1) is 0 Å². The average Bonchev–Trinajstić information content (AvgIpc) is 2.38. The highest BCUT2D eigenvalue weighted by molar-refractivity contribution is 5.68. The van der Waals surface area contributed by atoms with Crippen LogP contribution >= 0.6 is 0 Å². The molecule has 0 radical (unpaired) electrons. The summed E-state index contributed by atoms with van der Waals surface area (Å²) in [4.78, 5) is 8.31. The molecule has 0 unspecified atom stereocenters. The Kier molecular flexibility index (Phi) is 3.39. The zero-order valence-corrected chi connectivity index (χ0v) is 10.0. The Hall–Kier alpha value is -2.61. The van der Waals surface area contributed by atoms with Crippen LogP contribution in [0.2, 0.25) is 0 Å². The summed E-state index contributed by atoms with van der Waals surface area (Å²) in [6.45, 7) is 2.39. The summed E-state index contributed by atoms with van der Waals surface area (Å²) in [5.74, 6) is 0.730. The van der Waals surface area contributed by atoms with Crippen molar-refractivity contribution in [1.82, 2.24) is 9.97 Å². The molecule has 1 heterocycles. The van der Waals surface area contributed by atoms with Crippen molar-refractivity contribution in [3.8, 4) is 6.07 Å². The molecule has 1 aromatic carbocycles. The first kappa shape index (κ1) is 11.9. The summed E-state index contributed by atoms with van der Waals surface area (Å²) in [5.41, 5.74) is 8.64. The van der Waals surface area contributed by atoms with E-state index in [9.17, 15) is 0 Å². The van der Waals surface area contributed by atoms with Gasteiger partial charge in [-0.2, -0.15) is 5.26 Å². The molecule has 0 aliphatic heterocycles. The highest BCUT2D eigenvalue weighted by Gasteiger charge is 2.02. The minimum Gasteiger partial charge on any atom is -0.397 e. The van der Waals surface area contributed by atoms with E-state index in [2.05, 4.69) is 21.4 Å². The Morgan fingerprint density at radius 2 is 2.22 bits per heavy atom. The minimum absolute atomic E-state index is 0.544. The smallest absolute Gasteiger partial charge is 0.125 e. The number of aryl methyl sites for hydroxylation is 1. The first-order chi connectivity index (χ1) is 8.69. The molecule has 90 valence electrons. The number of hydrogen-bond acceptors (Lipinski definition) is 5. The SMILES string of the molecule is Cc1nccc(CNc2cc(C#N)ccc2N)n1. The Labute approximate surface area is 105 Å². The fourth-order valence-electron chi connectivity index (χ4n) is 1.57. The molecule has 1 aromatic heterocycles. The normalized spacial score (nSPS) is 9.78. The lowest BCUT2D eigenvalue weighted by Gasteiger charge is -2.09. The molecule has 3 N–H and O–H groups in total. The molecule has 18 heavy (non-hydrogen) atoms. The van der Waals surface area contributed by atoms with E-state index in [1.807, 2.05) is 13.0 Å². The first-order valence-electron chi connectivity index (χ1n) is 5.51. The van der Waals surface area contributed by atoms with Gasteiger partial charge in [-0.3, -0.25) is 0 Å². The van der Waals surface area contributed by atoms with Gasteiger partial charge in [0.05, 0.1) is 35.2 Å². The van der Waals surface area contributed by atoms with E-state index in [-0.39, 0.29) is 0 Å². The van der Waals surface area contributed by atoms with Gasteiger partial charge < -0.3 is 11.1 Å². The Balaban J connectivity index is 2.13. The van der Waals surface area contributed by atoms with Crippen LogP contribution in [0.1, 0.15) is 17.1 Å². The van der Waals surface area contributed by atoms with E-state index in [1.165, 1.54) is 0 Å². The fraction of sp³-hybridized carbons (Fsp3) is 0.154. The first-order valence-corrected chi connectivity index (χ1v) is 5.51. The van der Waals surface area contributed by atoms with Gasteiger partial charge in [-0.1, -0.05) is 0 Å². The molecule has 5 nitrogen and oxygen atoms in total. The number of nitrogens with one attached hydrogen (secondary N) is 1. The van der Waals surface area contributed by atoms with Gasteiger partial charge in [0, 0.05) is 6.20 Å². The summed E-state index contributed by atoms with van der Waals surface area (Å²) in [7, 11) is 0. The maximum atomic E-state index is 8.84. The van der Waals surface area contributed by atoms with E-state index < -0.39 is 0 Å². The number of hydrogen-bond donors (Lipinski definition) is 2. The van der Waals surface area contributed by atoms with Crippen molar-refractivity contribution in [2.45, 2.75) is 13.5 Å². The lowest BCUT2D eigenvalue weighted by molar-refractivity contribution is 0.955. The predicted octanol–water partition coefficient (Wildman–Crippen LogP) is 1.85. The van der Waals surface area contributed by atoms with E-state index in [4.69, 9.17) is 11.0 Å². The molecule has 0 atom stereocenters. The van der Waals surface area contributed by atoms with Gasteiger partial charge in [0.1, 0.15) is 5.82 Å². The van der Waals surface area contributed by atoms with Crippen LogP contribution in [0.5, 0.6) is 0 Å². The van der Waals surface area contributed by atoms with Gasteiger partial charge in [0.25, 0.3) is 0 Å². The monoisotopic (exact) mass is 239 g/mol. The highest BCUT2D eigenvalue weighted by atomic mass is 14.9. The second-order valence-corrected chi connectivity index (χ2v) is 3.86. The van der Waals surface area contributed by atoms with Crippen LogP contribution in [0.4, 0.5) is 11.4 Å². The van der Waals surface area contributed by atoms with Gasteiger partial charge in [0.15, 0.2) is 0 Å². The molecule has 0 saturated carbocycles. The standard InChI is InChI=1S/C13H13N5/c1-9-16-5-4-11(18-9)8-17-13-6-10(7-14)2-3-12(13)15/h2-6,17H,8,15H2,1H3. The molecular weight excluding hydrogens is 226 g/mol. The van der Waals surface area contributed by atoms with Crippen LogP contribution in [0.15, 0.2) is 30.5 Å². The third-order valence-corrected chi connectivity index (χ3v) is 2.48. The highest BCUT2D eigenvalue weighted by Crippen LogP contribution is 2.20. The molecule has 0 aliphatic rings. The van der Waals surface area contributed by atoms with E-state index >= 15 is 0 Å². The number of aromatic nitrogens is 2. The number of anilines is 2. The molecule has 0 spiro atoms. The van der Waals surface area contributed by atoms with Crippen molar-refractivity contribution >= 4 is 11.4 Å². The Morgan fingerprint density at radius 3 is 2.94 bits per heavy atom. The van der Waals surface area contributed by atoms with Gasteiger partial charge in [0.2, 0.25) is 0 Å². The van der Waals surface area contributed by atoms with Crippen LogP contribution in [0.3, 0.4) is 0 Å². The summed E-state index contributed by atoms with van der Waals surface area (Å²) >= 11 is 0. The molecule has 0 bridgehead atoms. The lowest BCUT2D eigenvalue weighted by atomic mass is 10.2. The van der Waals surface area contributed by atoms with Crippen LogP contribution < -0.4 is 11.1 Å². The van der Waals surface area contributed by atoms with Crippen LogP contribution in [0.25, 0.3) is 0 Å². The van der Waals surface area contributed by atoms with Gasteiger partial charge >= 0.3 is 0 Å². The zero-order chi connectivity index (χ0) is 13.0. The van der Waals surface area contributed by atoms with Crippen molar-refractivity contribution in [3.63, 3.8) is 0 Å². The maximum Gasteiger partial charge on any atom is 0.125 e. The zero-order valence-electron chi connectivity index (χ0n) is 10.0. The van der Waals surface area contributed by atoms with Crippen molar-refractivity contribution in [1.29, 1.82) is 5.26 Å². The molecule has 5 heteroatoms. The Morgan fingerprint density at radius 1 is 1.39 bits per heavy atom. The number of nitrogens with zero attached hydrogens (tertiary/aromatic N) is 3. The maximum absolute atomic E-state index is 8.84. The second-order valence-electron chi connectivity index (χ2n) is 3.86. The summed E-state index contributed by atoms with van der Waals surface area (Å²) in [6.07, 6.45) is 1.72. The molecule has 0 amide bonds. The summed E-state index contributed by atoms with van der Waals surface area (Å²) < 4.78 is 0. The molecule has 2 aromatic rings. The summed E-state index contributed by atoms with van der Waals surface area (Å²) in [5, 5.41) is 12.0. The predicted molar refractivity (Wildman–Crippen MR) is 69.7 cm³/mol. The number of nitriles is 1. The number of benzene rings is 1. The molecule has 0 saturated heterocycles. The number of nitrogens with two attached hydrogens (primary N) is 1. The van der Waals surface area contributed by atoms with Gasteiger partial charge in [-0.25, -0.2) is 9.97 Å². The third kappa shape index (κ3) is 2.74. The number of rotatable bonds is 3. The minimum atomic E-state index is 0.544. The van der Waals surface area contributed by atoms with Crippen molar-refractivity contribution in [2.24, 2.45) is 0 Å². The van der Waals surface area contributed by atoms with Crippen LogP contribution in [0, 0.1) is 18.3 Å². The quantitative estimate of drug-likeness (QED) is 0.798.